The summed E-state index contributed by atoms with van der Waals surface area (Å²) >= 11 is 1.30. The molecule has 0 aromatic heterocycles. The van der Waals surface area contributed by atoms with Crippen LogP contribution in [0.1, 0.15) is 11.1 Å². The standard InChI is InChI=1S/C23H21FN3O3S/c1-15-4-3-5-18(12-15)25(2)20(28)14-26-19-10-11-31-21(19)22(29)27(23(26)30)13-16-6-8-17(24)9-7-16/h3-12,21H,13-14H2,1-2H3/q+1. The monoisotopic (exact) mass is 438 g/mol. The minimum Gasteiger partial charge on any atom is -0.312 e. The lowest BCUT2D eigenvalue weighted by atomic mass is 10.1. The number of nitrogens with zero attached hydrogens (tertiary/aromatic N) is 3. The maximum Gasteiger partial charge on any atom is 0.501 e. The first-order valence-electron chi connectivity index (χ1n) is 9.74. The van der Waals surface area contributed by atoms with Crippen molar-refractivity contribution in [1.29, 1.82) is 0 Å². The van der Waals surface area contributed by atoms with Gasteiger partial charge in [-0.1, -0.05) is 24.3 Å². The number of allylic oxidation sites excluding steroid dienone is 1. The predicted octanol–water partition coefficient (Wildman–Crippen LogP) is 3.34. The van der Waals surface area contributed by atoms with E-state index in [1.165, 1.54) is 45.5 Å². The predicted molar refractivity (Wildman–Crippen MR) is 118 cm³/mol. The summed E-state index contributed by atoms with van der Waals surface area (Å²) in [6.45, 7) is 1.77. The van der Waals surface area contributed by atoms with E-state index in [1.54, 1.807) is 18.5 Å². The fourth-order valence-electron chi connectivity index (χ4n) is 3.55. The molecule has 2 aliphatic rings. The summed E-state index contributed by atoms with van der Waals surface area (Å²) in [5.41, 5.74) is 2.89. The maximum atomic E-state index is 13.2. The van der Waals surface area contributed by atoms with Crippen molar-refractivity contribution >= 4 is 41.0 Å². The van der Waals surface area contributed by atoms with E-state index in [4.69, 9.17) is 0 Å². The molecule has 0 saturated carbocycles. The molecule has 4 rings (SSSR count). The lowest BCUT2D eigenvalue weighted by molar-refractivity contribution is -0.426. The highest BCUT2D eigenvalue weighted by Crippen LogP contribution is 2.29. The molecule has 0 N–H and O–H groups in total. The lowest BCUT2D eigenvalue weighted by Crippen LogP contribution is -2.56. The molecule has 158 valence electrons. The number of imide groups is 1. The number of urea groups is 1. The average molecular weight is 439 g/mol. The zero-order valence-corrected chi connectivity index (χ0v) is 17.9. The Bertz CT molecular complexity index is 1130. The van der Waals surface area contributed by atoms with Gasteiger partial charge in [0.05, 0.1) is 0 Å². The summed E-state index contributed by atoms with van der Waals surface area (Å²) < 4.78 is 14.6. The van der Waals surface area contributed by atoms with Crippen LogP contribution >= 0.6 is 11.8 Å². The first-order chi connectivity index (χ1) is 14.8. The number of hydrogen-bond donors (Lipinski definition) is 0. The van der Waals surface area contributed by atoms with Crippen LogP contribution in [0.3, 0.4) is 0 Å². The Kier molecular flexibility index (Phi) is 5.73. The van der Waals surface area contributed by atoms with Gasteiger partial charge in [-0.15, -0.1) is 11.8 Å². The Labute approximate surface area is 183 Å². The van der Waals surface area contributed by atoms with Gasteiger partial charge in [-0.3, -0.25) is 4.79 Å². The van der Waals surface area contributed by atoms with E-state index >= 15 is 0 Å². The second-order valence-electron chi connectivity index (χ2n) is 7.46. The van der Waals surface area contributed by atoms with Crippen LogP contribution in [0.15, 0.2) is 60.0 Å². The Morgan fingerprint density at radius 2 is 1.94 bits per heavy atom. The Morgan fingerprint density at radius 1 is 1.19 bits per heavy atom. The van der Waals surface area contributed by atoms with Gasteiger partial charge in [-0.25, -0.2) is 9.18 Å². The van der Waals surface area contributed by atoms with Crippen molar-refractivity contribution in [1.82, 2.24) is 4.90 Å². The quantitative estimate of drug-likeness (QED) is 0.672. The van der Waals surface area contributed by atoms with E-state index in [9.17, 15) is 18.8 Å². The van der Waals surface area contributed by atoms with Gasteiger partial charge in [-0.2, -0.15) is 14.3 Å². The summed E-state index contributed by atoms with van der Waals surface area (Å²) in [6.07, 6.45) is 1.71. The normalized spacial score (nSPS) is 17.9. The minimum atomic E-state index is -0.574. The fourth-order valence-corrected chi connectivity index (χ4v) is 4.52. The molecule has 2 aromatic carbocycles. The summed E-state index contributed by atoms with van der Waals surface area (Å²) in [6, 6.07) is 12.6. The van der Waals surface area contributed by atoms with Crippen LogP contribution in [-0.2, 0) is 16.1 Å². The maximum absolute atomic E-state index is 13.2. The third kappa shape index (κ3) is 4.16. The Balaban J connectivity index is 1.60. The van der Waals surface area contributed by atoms with Gasteiger partial charge in [0.2, 0.25) is 0 Å². The van der Waals surface area contributed by atoms with Crippen molar-refractivity contribution in [3.63, 3.8) is 0 Å². The number of amides is 4. The van der Waals surface area contributed by atoms with Gasteiger partial charge in [-0.05, 0) is 53.8 Å². The number of likely N-dealkylation sites (N-methyl/N-ethyl adjacent to an activating group) is 1. The SMILES string of the molecule is Cc1cccc(N(C)C(=O)C[N+]2=C3C=CSC3C(=O)N(Cc3ccc(F)cc3)C2=O)c1. The molecule has 6 nitrogen and oxygen atoms in total. The van der Waals surface area contributed by atoms with Gasteiger partial charge in [0.1, 0.15) is 18.1 Å². The number of fused-ring (bicyclic) bond motifs is 1. The highest BCUT2D eigenvalue weighted by Gasteiger charge is 2.49. The molecule has 2 heterocycles. The average Bonchev–Trinajstić information content (AvgIpc) is 3.25. The number of halogens is 1. The Morgan fingerprint density at radius 3 is 2.65 bits per heavy atom. The van der Waals surface area contributed by atoms with Gasteiger partial charge in [0.25, 0.3) is 5.91 Å². The van der Waals surface area contributed by atoms with Crippen LogP contribution in [0.5, 0.6) is 0 Å². The summed E-state index contributed by atoms with van der Waals surface area (Å²) in [5, 5.41) is 1.18. The number of hydrogen-bond acceptors (Lipinski definition) is 4. The van der Waals surface area contributed by atoms with E-state index in [0.717, 1.165) is 16.2 Å². The second-order valence-corrected chi connectivity index (χ2v) is 8.47. The molecular weight excluding hydrogens is 417 g/mol. The molecule has 8 heteroatoms. The summed E-state index contributed by atoms with van der Waals surface area (Å²) in [5.74, 6) is -1.00. The summed E-state index contributed by atoms with van der Waals surface area (Å²) in [4.78, 5) is 41.8. The number of rotatable bonds is 5. The molecule has 0 radical (unpaired) electrons. The van der Waals surface area contributed by atoms with Crippen molar-refractivity contribution in [2.24, 2.45) is 0 Å². The topological polar surface area (TPSA) is 60.7 Å². The highest BCUT2D eigenvalue weighted by molar-refractivity contribution is 8.04. The lowest BCUT2D eigenvalue weighted by Gasteiger charge is -2.25. The van der Waals surface area contributed by atoms with Crippen molar-refractivity contribution in [2.75, 3.05) is 18.5 Å². The van der Waals surface area contributed by atoms with E-state index in [0.29, 0.717) is 11.3 Å². The molecule has 0 saturated heterocycles. The molecule has 0 bridgehead atoms. The minimum absolute atomic E-state index is 0.0146. The van der Waals surface area contributed by atoms with E-state index in [1.807, 2.05) is 31.2 Å². The largest absolute Gasteiger partial charge is 0.501 e. The first-order valence-corrected chi connectivity index (χ1v) is 10.7. The molecule has 31 heavy (non-hydrogen) atoms. The Hall–Kier alpha value is -3.26. The third-order valence-electron chi connectivity index (χ3n) is 5.30. The molecule has 0 spiro atoms. The highest BCUT2D eigenvalue weighted by atomic mass is 32.2. The molecule has 2 aliphatic heterocycles. The van der Waals surface area contributed by atoms with Crippen LogP contribution < -0.4 is 4.90 Å². The van der Waals surface area contributed by atoms with Gasteiger partial charge in [0.15, 0.2) is 11.8 Å². The molecule has 4 amide bonds. The second kappa shape index (κ2) is 8.47. The molecule has 1 unspecified atom stereocenters. The molecule has 1 atom stereocenters. The zero-order valence-electron chi connectivity index (χ0n) is 17.1. The fraction of sp³-hybridized carbons (Fsp3) is 0.217. The number of aryl methyl sites for hydroxylation is 1. The summed E-state index contributed by atoms with van der Waals surface area (Å²) in [7, 11) is 1.66. The number of anilines is 1. The number of thioether (sulfide) groups is 1. The number of carbonyl (C=O) groups excluding carboxylic acids is 3. The van der Waals surface area contributed by atoms with Crippen molar-refractivity contribution in [3.8, 4) is 0 Å². The van der Waals surface area contributed by atoms with E-state index in [-0.39, 0.29) is 24.9 Å². The van der Waals surface area contributed by atoms with Gasteiger partial charge < -0.3 is 4.90 Å². The van der Waals surface area contributed by atoms with Crippen LogP contribution in [0.25, 0.3) is 0 Å². The number of carbonyl (C=O) groups is 3. The van der Waals surface area contributed by atoms with Gasteiger partial charge >= 0.3 is 11.9 Å². The zero-order chi connectivity index (χ0) is 22.1. The number of benzene rings is 2. The first kappa shape index (κ1) is 21.0. The van der Waals surface area contributed by atoms with Crippen molar-refractivity contribution in [2.45, 2.75) is 18.7 Å². The van der Waals surface area contributed by atoms with Gasteiger partial charge in [0, 0.05) is 12.7 Å². The van der Waals surface area contributed by atoms with Crippen LogP contribution in [0.2, 0.25) is 0 Å². The molecule has 2 aromatic rings. The van der Waals surface area contributed by atoms with Crippen molar-refractivity contribution < 1.29 is 23.3 Å². The molecule has 0 aliphatic carbocycles. The van der Waals surface area contributed by atoms with E-state index < -0.39 is 17.1 Å². The van der Waals surface area contributed by atoms with Crippen LogP contribution in [-0.4, -0.2) is 51.9 Å². The smallest absolute Gasteiger partial charge is 0.312 e. The van der Waals surface area contributed by atoms with Crippen molar-refractivity contribution in [3.05, 3.63) is 77.0 Å². The van der Waals surface area contributed by atoms with Crippen LogP contribution in [0.4, 0.5) is 14.9 Å². The molecule has 0 fully saturated rings. The van der Waals surface area contributed by atoms with E-state index in [2.05, 4.69) is 0 Å². The molecular formula is C23H21FN3O3S+. The van der Waals surface area contributed by atoms with Crippen LogP contribution in [0, 0.1) is 12.7 Å². The third-order valence-corrected chi connectivity index (χ3v) is 6.30.